The van der Waals surface area contributed by atoms with Crippen LogP contribution < -0.4 is 0 Å². The van der Waals surface area contributed by atoms with Gasteiger partial charge in [-0.1, -0.05) is 0 Å². The van der Waals surface area contributed by atoms with Crippen molar-refractivity contribution in [1.82, 2.24) is 0 Å². The lowest BCUT2D eigenvalue weighted by Crippen LogP contribution is -2.10. The number of carbonyl (C=O) groups excluding carboxylic acids is 2. The van der Waals surface area contributed by atoms with Crippen molar-refractivity contribution in [1.29, 1.82) is 0 Å². The summed E-state index contributed by atoms with van der Waals surface area (Å²) >= 11 is 0. The number of halogens is 2. The molecule has 1 heterocycles. The Labute approximate surface area is 114 Å². The molecule has 1 aromatic heterocycles. The fraction of sp³-hybridized carbons (Fsp3) is 0.200. The summed E-state index contributed by atoms with van der Waals surface area (Å²) in [6.45, 7) is 3.30. The van der Waals surface area contributed by atoms with Crippen LogP contribution in [0.2, 0.25) is 0 Å². The van der Waals surface area contributed by atoms with Crippen molar-refractivity contribution in [2.75, 3.05) is 0 Å². The summed E-state index contributed by atoms with van der Waals surface area (Å²) in [5, 5.41) is 0. The van der Waals surface area contributed by atoms with Gasteiger partial charge >= 0.3 is 0 Å². The highest BCUT2D eigenvalue weighted by atomic mass is 19.1. The van der Waals surface area contributed by atoms with Crippen LogP contribution in [0.5, 0.6) is 0 Å². The molecule has 20 heavy (non-hydrogen) atoms. The fourth-order valence-electron chi connectivity index (χ4n) is 1.96. The summed E-state index contributed by atoms with van der Waals surface area (Å²) in [4.78, 5) is 23.8. The molecule has 0 saturated heterocycles. The van der Waals surface area contributed by atoms with Crippen molar-refractivity contribution < 1.29 is 22.8 Å². The molecule has 0 fully saturated rings. The molecule has 1 aromatic carbocycles. The van der Waals surface area contributed by atoms with E-state index in [1.807, 2.05) is 0 Å². The molecular weight excluding hydrogens is 266 g/mol. The Hall–Kier alpha value is -2.30. The van der Waals surface area contributed by atoms with Crippen LogP contribution >= 0.6 is 0 Å². The number of hydrogen-bond donors (Lipinski definition) is 0. The van der Waals surface area contributed by atoms with Crippen LogP contribution in [-0.4, -0.2) is 11.6 Å². The molecule has 5 heteroatoms. The second-order valence-corrected chi connectivity index (χ2v) is 4.47. The lowest BCUT2D eigenvalue weighted by molar-refractivity contribution is 0.0891. The van der Waals surface area contributed by atoms with E-state index in [1.165, 1.54) is 6.07 Å². The molecule has 0 aliphatic rings. The Bertz CT molecular complexity index is 686. The fourth-order valence-corrected chi connectivity index (χ4v) is 1.96. The number of rotatable bonds is 4. The smallest absolute Gasteiger partial charge is 0.174 e. The van der Waals surface area contributed by atoms with Gasteiger partial charge in [0.25, 0.3) is 0 Å². The molecule has 0 radical (unpaired) electrons. The highest BCUT2D eigenvalue weighted by Crippen LogP contribution is 2.18. The molecule has 0 bridgehead atoms. The van der Waals surface area contributed by atoms with Crippen LogP contribution in [0.25, 0.3) is 0 Å². The first-order chi connectivity index (χ1) is 9.38. The maximum atomic E-state index is 13.4. The monoisotopic (exact) mass is 278 g/mol. The average Bonchev–Trinajstić information content (AvgIpc) is 2.68. The molecular formula is C15H12F2O3. The van der Waals surface area contributed by atoms with Gasteiger partial charge in [0, 0.05) is 6.07 Å². The Kier molecular flexibility index (Phi) is 3.79. The number of ketones is 2. The van der Waals surface area contributed by atoms with Gasteiger partial charge in [-0.3, -0.25) is 9.59 Å². The predicted octanol–water partition coefficient (Wildman–Crippen LogP) is 3.63. The number of Topliss-reactive ketones (excluding diaryl/α,β-unsaturated/α-hetero) is 2. The first-order valence-corrected chi connectivity index (χ1v) is 5.97. The minimum atomic E-state index is -0.970. The molecule has 0 saturated carbocycles. The molecule has 0 spiro atoms. The molecule has 2 rings (SSSR count). The molecule has 0 N–H and O–H groups in total. The Morgan fingerprint density at radius 1 is 1.05 bits per heavy atom. The molecule has 2 aromatic rings. The van der Waals surface area contributed by atoms with E-state index in [0.29, 0.717) is 23.2 Å². The van der Waals surface area contributed by atoms with E-state index < -0.39 is 29.6 Å². The van der Waals surface area contributed by atoms with Gasteiger partial charge in [0.2, 0.25) is 0 Å². The minimum Gasteiger partial charge on any atom is -0.466 e. The number of benzene rings is 1. The summed E-state index contributed by atoms with van der Waals surface area (Å²) in [5.41, 5.74) is 0.0102. The zero-order chi connectivity index (χ0) is 14.9. The molecule has 0 atom stereocenters. The highest BCUT2D eigenvalue weighted by molar-refractivity contribution is 6.13. The molecule has 0 aliphatic heterocycles. The van der Waals surface area contributed by atoms with Crippen LogP contribution in [0.15, 0.2) is 28.7 Å². The van der Waals surface area contributed by atoms with Gasteiger partial charge in [-0.25, -0.2) is 8.78 Å². The average molecular weight is 278 g/mol. The standard InChI is InChI=1S/C15H12F2O3/c1-8-5-12(9(2)20-8)15(19)7-14(18)11-4-3-10(16)6-13(11)17/h3-6H,7H2,1-2H3. The summed E-state index contributed by atoms with van der Waals surface area (Å²) in [6.07, 6.45) is -0.484. The van der Waals surface area contributed by atoms with Gasteiger partial charge in [-0.15, -0.1) is 0 Å². The topological polar surface area (TPSA) is 47.3 Å². The van der Waals surface area contributed by atoms with Crippen molar-refractivity contribution in [2.45, 2.75) is 20.3 Å². The molecule has 104 valence electrons. The Morgan fingerprint density at radius 3 is 2.25 bits per heavy atom. The lowest BCUT2D eigenvalue weighted by atomic mass is 10.0. The quantitative estimate of drug-likeness (QED) is 0.633. The normalized spacial score (nSPS) is 10.6. The van der Waals surface area contributed by atoms with Gasteiger partial charge in [-0.05, 0) is 32.0 Å². The van der Waals surface area contributed by atoms with Crippen LogP contribution in [-0.2, 0) is 0 Å². The van der Waals surface area contributed by atoms with Crippen molar-refractivity contribution >= 4 is 11.6 Å². The van der Waals surface area contributed by atoms with E-state index in [-0.39, 0.29) is 5.56 Å². The maximum Gasteiger partial charge on any atom is 0.174 e. The first-order valence-electron chi connectivity index (χ1n) is 5.97. The highest BCUT2D eigenvalue weighted by Gasteiger charge is 2.20. The van der Waals surface area contributed by atoms with Crippen molar-refractivity contribution in [2.24, 2.45) is 0 Å². The third-order valence-electron chi connectivity index (χ3n) is 2.89. The largest absolute Gasteiger partial charge is 0.466 e. The van der Waals surface area contributed by atoms with Crippen LogP contribution in [0.3, 0.4) is 0 Å². The van der Waals surface area contributed by atoms with Gasteiger partial charge in [0.05, 0.1) is 17.5 Å². The number of hydrogen-bond acceptors (Lipinski definition) is 3. The van der Waals surface area contributed by atoms with Crippen LogP contribution in [0, 0.1) is 25.5 Å². The Morgan fingerprint density at radius 2 is 1.70 bits per heavy atom. The van der Waals surface area contributed by atoms with E-state index in [4.69, 9.17) is 4.42 Å². The van der Waals surface area contributed by atoms with Gasteiger partial charge < -0.3 is 4.42 Å². The summed E-state index contributed by atoms with van der Waals surface area (Å²) in [5.74, 6) is -1.90. The van der Waals surface area contributed by atoms with E-state index in [1.54, 1.807) is 13.8 Å². The molecule has 3 nitrogen and oxygen atoms in total. The lowest BCUT2D eigenvalue weighted by Gasteiger charge is -2.02. The molecule has 0 amide bonds. The molecule has 0 aliphatic carbocycles. The molecule has 0 unspecified atom stereocenters. The van der Waals surface area contributed by atoms with E-state index >= 15 is 0 Å². The van der Waals surface area contributed by atoms with Crippen LogP contribution in [0.4, 0.5) is 8.78 Å². The first kappa shape index (κ1) is 14.1. The SMILES string of the molecule is Cc1cc(C(=O)CC(=O)c2ccc(F)cc2F)c(C)o1. The second kappa shape index (κ2) is 5.36. The van der Waals surface area contributed by atoms with E-state index in [0.717, 1.165) is 12.1 Å². The second-order valence-electron chi connectivity index (χ2n) is 4.47. The third kappa shape index (κ3) is 2.82. The number of carbonyl (C=O) groups is 2. The number of aryl methyl sites for hydroxylation is 2. The van der Waals surface area contributed by atoms with E-state index in [2.05, 4.69) is 0 Å². The maximum absolute atomic E-state index is 13.4. The zero-order valence-electron chi connectivity index (χ0n) is 11.0. The summed E-state index contributed by atoms with van der Waals surface area (Å²) in [7, 11) is 0. The minimum absolute atomic E-state index is 0.294. The van der Waals surface area contributed by atoms with Gasteiger partial charge in [0.1, 0.15) is 23.2 Å². The Balaban J connectivity index is 2.19. The van der Waals surface area contributed by atoms with Crippen molar-refractivity contribution in [3.05, 3.63) is 58.5 Å². The summed E-state index contributed by atoms with van der Waals surface area (Å²) < 4.78 is 31.4. The predicted molar refractivity (Wildman–Crippen MR) is 67.8 cm³/mol. The van der Waals surface area contributed by atoms with Crippen molar-refractivity contribution in [3.63, 3.8) is 0 Å². The third-order valence-corrected chi connectivity index (χ3v) is 2.89. The van der Waals surface area contributed by atoms with Gasteiger partial charge in [0.15, 0.2) is 11.6 Å². The van der Waals surface area contributed by atoms with Crippen LogP contribution in [0.1, 0.15) is 38.7 Å². The number of furan rings is 1. The van der Waals surface area contributed by atoms with Crippen molar-refractivity contribution in [3.8, 4) is 0 Å². The summed E-state index contributed by atoms with van der Waals surface area (Å²) in [6, 6.07) is 4.17. The van der Waals surface area contributed by atoms with Gasteiger partial charge in [-0.2, -0.15) is 0 Å². The zero-order valence-corrected chi connectivity index (χ0v) is 11.0. The van der Waals surface area contributed by atoms with E-state index in [9.17, 15) is 18.4 Å².